The van der Waals surface area contributed by atoms with E-state index in [0.717, 1.165) is 21.3 Å². The smallest absolute Gasteiger partial charge is 0.308 e. The fourth-order valence-corrected chi connectivity index (χ4v) is 4.21. The molecule has 0 aromatic heterocycles. The highest BCUT2D eigenvalue weighted by Crippen LogP contribution is 2.45. The Kier molecular flexibility index (Phi) is 4.50. The molecule has 5 nitrogen and oxygen atoms in total. The van der Waals surface area contributed by atoms with Crippen LogP contribution in [0, 0.1) is 5.92 Å². The monoisotopic (exact) mass is 402 g/mol. The van der Waals surface area contributed by atoms with Gasteiger partial charge in [-0.15, -0.1) is 0 Å². The van der Waals surface area contributed by atoms with Crippen molar-refractivity contribution in [1.82, 2.24) is 10.9 Å². The molecule has 130 valence electrons. The second-order valence-corrected chi connectivity index (χ2v) is 7.31. The van der Waals surface area contributed by atoms with Crippen molar-refractivity contribution >= 4 is 21.9 Å². The van der Waals surface area contributed by atoms with E-state index in [1.807, 2.05) is 24.3 Å². The van der Waals surface area contributed by atoms with Gasteiger partial charge in [-0.3, -0.25) is 4.79 Å². The number of hydrazine groups is 1. The number of halogens is 1. The molecule has 4 atom stereocenters. The van der Waals surface area contributed by atoms with Gasteiger partial charge in [-0.05, 0) is 35.4 Å². The van der Waals surface area contributed by atoms with Crippen molar-refractivity contribution in [3.05, 3.63) is 64.1 Å². The Balaban J connectivity index is 1.69. The number of nitrogens with one attached hydrogen (secondary N) is 2. The molecule has 2 N–H and O–H groups in total. The van der Waals surface area contributed by atoms with Crippen LogP contribution in [0.3, 0.4) is 0 Å². The minimum atomic E-state index is -0.336. The first kappa shape index (κ1) is 16.6. The first-order chi connectivity index (χ1) is 12.2. The van der Waals surface area contributed by atoms with Crippen LogP contribution < -0.4 is 15.6 Å². The molecule has 4 unspecified atom stereocenters. The summed E-state index contributed by atoms with van der Waals surface area (Å²) >= 11 is 3.53. The molecule has 2 aliphatic rings. The molecule has 0 bridgehead atoms. The SMILES string of the molecule is COc1ccc(C2NNC3OC(=O)CC(c4cccc(Br)c4)C32)cc1. The van der Waals surface area contributed by atoms with Crippen molar-refractivity contribution in [2.24, 2.45) is 5.92 Å². The second kappa shape index (κ2) is 6.78. The zero-order chi connectivity index (χ0) is 17.4. The predicted molar refractivity (Wildman–Crippen MR) is 96.9 cm³/mol. The maximum absolute atomic E-state index is 12.1. The molecule has 0 radical (unpaired) electrons. The maximum Gasteiger partial charge on any atom is 0.308 e. The quantitative estimate of drug-likeness (QED) is 0.771. The molecule has 2 aromatic rings. The van der Waals surface area contributed by atoms with E-state index in [4.69, 9.17) is 9.47 Å². The largest absolute Gasteiger partial charge is 0.497 e. The molecule has 0 spiro atoms. The third-order valence-corrected chi connectivity index (χ3v) is 5.47. The van der Waals surface area contributed by atoms with Gasteiger partial charge in [-0.1, -0.05) is 40.2 Å². The highest BCUT2D eigenvalue weighted by Gasteiger charge is 2.48. The number of ether oxygens (including phenoxy) is 2. The molecule has 25 heavy (non-hydrogen) atoms. The van der Waals surface area contributed by atoms with Crippen molar-refractivity contribution in [2.45, 2.75) is 24.6 Å². The van der Waals surface area contributed by atoms with Crippen LogP contribution >= 0.6 is 15.9 Å². The van der Waals surface area contributed by atoms with Crippen LogP contribution in [0.25, 0.3) is 0 Å². The van der Waals surface area contributed by atoms with Gasteiger partial charge in [0, 0.05) is 16.3 Å². The summed E-state index contributed by atoms with van der Waals surface area (Å²) in [6.45, 7) is 0. The zero-order valence-electron chi connectivity index (χ0n) is 13.7. The van der Waals surface area contributed by atoms with Gasteiger partial charge < -0.3 is 9.47 Å². The zero-order valence-corrected chi connectivity index (χ0v) is 15.3. The van der Waals surface area contributed by atoms with Crippen LogP contribution in [0.1, 0.15) is 29.5 Å². The van der Waals surface area contributed by atoms with Crippen LogP contribution in [0.15, 0.2) is 53.0 Å². The van der Waals surface area contributed by atoms with Crippen molar-refractivity contribution in [1.29, 1.82) is 0 Å². The van der Waals surface area contributed by atoms with Gasteiger partial charge in [0.1, 0.15) is 5.75 Å². The Morgan fingerprint density at radius 3 is 2.64 bits per heavy atom. The Morgan fingerprint density at radius 1 is 1.12 bits per heavy atom. The molecule has 4 rings (SSSR count). The lowest BCUT2D eigenvalue weighted by Crippen LogP contribution is -2.42. The Bertz CT molecular complexity index is 780. The number of carbonyl (C=O) groups excluding carboxylic acids is 1. The van der Waals surface area contributed by atoms with Gasteiger partial charge in [0.05, 0.1) is 19.6 Å². The van der Waals surface area contributed by atoms with Crippen molar-refractivity contribution < 1.29 is 14.3 Å². The second-order valence-electron chi connectivity index (χ2n) is 6.39. The van der Waals surface area contributed by atoms with E-state index in [2.05, 4.69) is 51.0 Å². The van der Waals surface area contributed by atoms with E-state index in [1.165, 1.54) is 0 Å². The molecule has 0 amide bonds. The number of methoxy groups -OCH3 is 1. The summed E-state index contributed by atoms with van der Waals surface area (Å²) in [6.07, 6.45) is 0.0468. The fourth-order valence-electron chi connectivity index (χ4n) is 3.79. The number of fused-ring (bicyclic) bond motifs is 1. The summed E-state index contributed by atoms with van der Waals surface area (Å²) in [5, 5.41) is 0. The third-order valence-electron chi connectivity index (χ3n) is 4.98. The number of hydrogen-bond acceptors (Lipinski definition) is 5. The number of benzene rings is 2. The Morgan fingerprint density at radius 2 is 1.92 bits per heavy atom. The summed E-state index contributed by atoms with van der Waals surface area (Å²) < 4.78 is 11.8. The van der Waals surface area contributed by atoms with Gasteiger partial charge in [-0.2, -0.15) is 0 Å². The average Bonchev–Trinajstić information content (AvgIpc) is 3.04. The molecule has 2 heterocycles. The molecule has 6 heteroatoms. The fraction of sp³-hybridized carbons (Fsp3) is 0.316. The standard InChI is InChI=1S/C19H19BrN2O3/c1-24-14-7-5-11(6-8-14)18-17-15(12-3-2-4-13(20)9-12)10-16(23)25-19(17)22-21-18/h2-9,15,17-19,21-22H,10H2,1H3. The van der Waals surface area contributed by atoms with E-state index >= 15 is 0 Å². The van der Waals surface area contributed by atoms with Crippen LogP contribution in [-0.4, -0.2) is 19.3 Å². The Labute approximate surface area is 154 Å². The molecule has 2 aliphatic heterocycles. The molecule has 0 saturated carbocycles. The lowest BCUT2D eigenvalue weighted by Gasteiger charge is -2.35. The minimum Gasteiger partial charge on any atom is -0.497 e. The summed E-state index contributed by atoms with van der Waals surface area (Å²) in [7, 11) is 1.66. The van der Waals surface area contributed by atoms with Gasteiger partial charge in [-0.25, -0.2) is 10.9 Å². The first-order valence-corrected chi connectivity index (χ1v) is 9.05. The molecule has 2 saturated heterocycles. The molecule has 0 aliphatic carbocycles. The summed E-state index contributed by atoms with van der Waals surface area (Å²) in [5.74, 6) is 0.847. The molecule has 2 aromatic carbocycles. The predicted octanol–water partition coefficient (Wildman–Crippen LogP) is 3.28. The normalized spacial score (nSPS) is 28.3. The van der Waals surface area contributed by atoms with Crippen LogP contribution in [0.5, 0.6) is 5.75 Å². The molecule has 2 fully saturated rings. The minimum absolute atomic E-state index is 0.0491. The number of esters is 1. The topological polar surface area (TPSA) is 59.6 Å². The number of hydrogen-bond donors (Lipinski definition) is 2. The van der Waals surface area contributed by atoms with E-state index in [1.54, 1.807) is 7.11 Å². The third kappa shape index (κ3) is 3.17. The van der Waals surface area contributed by atoms with Crippen molar-refractivity contribution in [2.75, 3.05) is 7.11 Å². The van der Waals surface area contributed by atoms with Crippen LogP contribution in [0.2, 0.25) is 0 Å². The van der Waals surface area contributed by atoms with Gasteiger partial charge in [0.25, 0.3) is 0 Å². The molecular formula is C19H19BrN2O3. The average molecular weight is 403 g/mol. The van der Waals surface area contributed by atoms with E-state index in [0.29, 0.717) is 6.42 Å². The number of carbonyl (C=O) groups is 1. The van der Waals surface area contributed by atoms with E-state index < -0.39 is 0 Å². The van der Waals surface area contributed by atoms with Gasteiger partial charge in [0.2, 0.25) is 0 Å². The lowest BCUT2D eigenvalue weighted by atomic mass is 9.76. The van der Waals surface area contributed by atoms with Gasteiger partial charge >= 0.3 is 5.97 Å². The highest BCUT2D eigenvalue weighted by atomic mass is 79.9. The van der Waals surface area contributed by atoms with Crippen LogP contribution in [-0.2, 0) is 9.53 Å². The summed E-state index contributed by atoms with van der Waals surface area (Å²) in [5.41, 5.74) is 8.73. The first-order valence-electron chi connectivity index (χ1n) is 8.25. The van der Waals surface area contributed by atoms with E-state index in [9.17, 15) is 4.79 Å². The molecular weight excluding hydrogens is 384 g/mol. The lowest BCUT2D eigenvalue weighted by molar-refractivity contribution is -0.160. The van der Waals surface area contributed by atoms with Crippen molar-refractivity contribution in [3.63, 3.8) is 0 Å². The van der Waals surface area contributed by atoms with Crippen molar-refractivity contribution in [3.8, 4) is 5.75 Å². The number of rotatable bonds is 3. The Hall–Kier alpha value is -1.89. The highest BCUT2D eigenvalue weighted by molar-refractivity contribution is 9.10. The van der Waals surface area contributed by atoms with Crippen LogP contribution in [0.4, 0.5) is 0 Å². The maximum atomic E-state index is 12.1. The van der Waals surface area contributed by atoms with Gasteiger partial charge in [0.15, 0.2) is 6.23 Å². The summed E-state index contributed by atoms with van der Waals surface area (Å²) in [6, 6.07) is 16.2. The summed E-state index contributed by atoms with van der Waals surface area (Å²) in [4.78, 5) is 12.1. The van der Waals surface area contributed by atoms with E-state index in [-0.39, 0.29) is 30.1 Å².